The second-order valence-corrected chi connectivity index (χ2v) is 5.78. The molecule has 1 atom stereocenters. The summed E-state index contributed by atoms with van der Waals surface area (Å²) < 4.78 is 11.2. The van der Waals surface area contributed by atoms with Crippen LogP contribution in [0.5, 0.6) is 11.5 Å². The van der Waals surface area contributed by atoms with Gasteiger partial charge in [0.15, 0.2) is 11.5 Å². The molecule has 1 aliphatic rings. The molecular formula is C17H28N2O2. The third kappa shape index (κ3) is 4.03. The Morgan fingerprint density at radius 3 is 2.48 bits per heavy atom. The van der Waals surface area contributed by atoms with Crippen LogP contribution in [-0.2, 0) is 6.54 Å². The van der Waals surface area contributed by atoms with Gasteiger partial charge < -0.3 is 15.2 Å². The molecule has 1 aliphatic heterocycles. The molecule has 4 heteroatoms. The normalized spacial score (nSPS) is 15.2. The molecule has 0 amide bonds. The van der Waals surface area contributed by atoms with Crippen LogP contribution in [0.2, 0.25) is 0 Å². The summed E-state index contributed by atoms with van der Waals surface area (Å²) in [5.74, 6) is 1.59. The number of nitrogens with zero attached hydrogens (tertiary/aromatic N) is 1. The minimum absolute atomic E-state index is 0.559. The van der Waals surface area contributed by atoms with E-state index in [-0.39, 0.29) is 0 Å². The average molecular weight is 292 g/mol. The van der Waals surface area contributed by atoms with Crippen LogP contribution in [0, 0.1) is 0 Å². The highest BCUT2D eigenvalue weighted by molar-refractivity contribution is 5.58. The van der Waals surface area contributed by atoms with E-state index in [9.17, 15) is 0 Å². The van der Waals surface area contributed by atoms with Gasteiger partial charge >= 0.3 is 0 Å². The van der Waals surface area contributed by atoms with Gasteiger partial charge in [-0.05, 0) is 37.9 Å². The van der Waals surface area contributed by atoms with E-state index in [1.165, 1.54) is 12.8 Å². The second-order valence-electron chi connectivity index (χ2n) is 5.78. The van der Waals surface area contributed by atoms with Gasteiger partial charge in [0.05, 0.1) is 0 Å². The molecule has 0 spiro atoms. The maximum atomic E-state index is 6.20. The fourth-order valence-corrected chi connectivity index (χ4v) is 2.58. The van der Waals surface area contributed by atoms with Crippen molar-refractivity contribution in [3.05, 3.63) is 17.7 Å². The lowest BCUT2D eigenvalue weighted by Gasteiger charge is -2.29. The van der Waals surface area contributed by atoms with Crippen LogP contribution in [0.3, 0.4) is 0 Å². The fourth-order valence-electron chi connectivity index (χ4n) is 2.58. The lowest BCUT2D eigenvalue weighted by atomic mass is 10.1. The summed E-state index contributed by atoms with van der Waals surface area (Å²) in [6, 6.07) is 4.51. The number of rotatable bonds is 7. The molecule has 0 saturated carbocycles. The minimum atomic E-state index is 0.559. The van der Waals surface area contributed by atoms with Gasteiger partial charge in [0.2, 0.25) is 0 Å². The number of nitrogen functional groups attached to an aromatic ring is 1. The van der Waals surface area contributed by atoms with E-state index in [1.54, 1.807) is 0 Å². The molecule has 21 heavy (non-hydrogen) atoms. The molecule has 118 valence electrons. The molecule has 2 N–H and O–H groups in total. The quantitative estimate of drug-likeness (QED) is 0.782. The Morgan fingerprint density at radius 2 is 1.86 bits per heavy atom. The summed E-state index contributed by atoms with van der Waals surface area (Å²) >= 11 is 0. The number of hydrogen-bond acceptors (Lipinski definition) is 4. The Bertz CT molecular complexity index is 462. The molecule has 0 fully saturated rings. The standard InChI is InChI=1S/C17H28N2O2/c1-4-6-7-19(13(3)5-2)12-14-10-16-17(11-15(14)18)21-9-8-20-16/h10-11,13H,4-9,12,18H2,1-3H3. The highest BCUT2D eigenvalue weighted by Crippen LogP contribution is 2.35. The summed E-state index contributed by atoms with van der Waals surface area (Å²) in [7, 11) is 0. The molecule has 0 radical (unpaired) electrons. The first-order chi connectivity index (χ1) is 10.2. The van der Waals surface area contributed by atoms with E-state index in [4.69, 9.17) is 15.2 Å². The SMILES string of the molecule is CCCCN(Cc1cc2c(cc1N)OCCO2)C(C)CC. The molecule has 1 aromatic rings. The Hall–Kier alpha value is -1.42. The second kappa shape index (κ2) is 7.55. The van der Waals surface area contributed by atoms with E-state index in [1.807, 2.05) is 12.1 Å². The van der Waals surface area contributed by atoms with Crippen LogP contribution < -0.4 is 15.2 Å². The van der Waals surface area contributed by atoms with E-state index in [2.05, 4.69) is 25.7 Å². The lowest BCUT2D eigenvalue weighted by molar-refractivity contribution is 0.170. The van der Waals surface area contributed by atoms with Crippen molar-refractivity contribution in [1.29, 1.82) is 0 Å². The molecule has 0 aliphatic carbocycles. The lowest BCUT2D eigenvalue weighted by Crippen LogP contribution is -2.33. The van der Waals surface area contributed by atoms with Gasteiger partial charge in [0, 0.05) is 24.3 Å². The van der Waals surface area contributed by atoms with Gasteiger partial charge in [0.25, 0.3) is 0 Å². The van der Waals surface area contributed by atoms with Crippen molar-refractivity contribution < 1.29 is 9.47 Å². The van der Waals surface area contributed by atoms with Gasteiger partial charge in [-0.15, -0.1) is 0 Å². The predicted octanol–water partition coefficient (Wildman–Crippen LogP) is 3.44. The van der Waals surface area contributed by atoms with E-state index in [0.29, 0.717) is 19.3 Å². The first-order valence-corrected chi connectivity index (χ1v) is 8.07. The number of unbranched alkanes of at least 4 members (excludes halogenated alkanes) is 1. The zero-order valence-electron chi connectivity index (χ0n) is 13.5. The maximum Gasteiger partial charge on any atom is 0.163 e. The van der Waals surface area contributed by atoms with Crippen LogP contribution >= 0.6 is 0 Å². The smallest absolute Gasteiger partial charge is 0.163 e. The Labute approximate surface area is 128 Å². The molecule has 1 heterocycles. The maximum absolute atomic E-state index is 6.20. The van der Waals surface area contributed by atoms with Gasteiger partial charge in [-0.3, -0.25) is 4.90 Å². The molecule has 4 nitrogen and oxygen atoms in total. The zero-order valence-corrected chi connectivity index (χ0v) is 13.5. The Kier molecular flexibility index (Phi) is 5.74. The molecule has 1 aromatic carbocycles. The summed E-state index contributed by atoms with van der Waals surface area (Å²) in [5.41, 5.74) is 8.13. The number of fused-ring (bicyclic) bond motifs is 1. The van der Waals surface area contributed by atoms with Crippen molar-refractivity contribution in [3.63, 3.8) is 0 Å². The molecular weight excluding hydrogens is 264 g/mol. The van der Waals surface area contributed by atoms with E-state index in [0.717, 1.165) is 42.3 Å². The van der Waals surface area contributed by atoms with Crippen LogP contribution in [0.15, 0.2) is 12.1 Å². The topological polar surface area (TPSA) is 47.7 Å². The number of ether oxygens (including phenoxy) is 2. The summed E-state index contributed by atoms with van der Waals surface area (Å²) in [6.45, 7) is 9.94. The molecule has 1 unspecified atom stereocenters. The summed E-state index contributed by atoms with van der Waals surface area (Å²) in [6.07, 6.45) is 3.58. The summed E-state index contributed by atoms with van der Waals surface area (Å²) in [4.78, 5) is 2.51. The third-order valence-electron chi connectivity index (χ3n) is 4.19. The molecule has 0 aromatic heterocycles. The number of hydrogen-bond donors (Lipinski definition) is 1. The first kappa shape index (κ1) is 16.0. The fraction of sp³-hybridized carbons (Fsp3) is 0.647. The summed E-state index contributed by atoms with van der Waals surface area (Å²) in [5, 5.41) is 0. The molecule has 0 bridgehead atoms. The van der Waals surface area contributed by atoms with Crippen molar-refractivity contribution in [3.8, 4) is 11.5 Å². The van der Waals surface area contributed by atoms with Gasteiger partial charge in [-0.2, -0.15) is 0 Å². The number of benzene rings is 1. The highest BCUT2D eigenvalue weighted by Gasteiger charge is 2.18. The Morgan fingerprint density at radius 1 is 1.19 bits per heavy atom. The minimum Gasteiger partial charge on any atom is -0.486 e. The zero-order chi connectivity index (χ0) is 15.2. The van der Waals surface area contributed by atoms with E-state index >= 15 is 0 Å². The van der Waals surface area contributed by atoms with E-state index < -0.39 is 0 Å². The third-order valence-corrected chi connectivity index (χ3v) is 4.19. The van der Waals surface area contributed by atoms with Crippen molar-refractivity contribution in [2.24, 2.45) is 0 Å². The largest absolute Gasteiger partial charge is 0.486 e. The highest BCUT2D eigenvalue weighted by atomic mass is 16.6. The average Bonchev–Trinajstić information content (AvgIpc) is 2.51. The van der Waals surface area contributed by atoms with Crippen molar-refractivity contribution in [2.75, 3.05) is 25.5 Å². The van der Waals surface area contributed by atoms with Crippen molar-refractivity contribution in [2.45, 2.75) is 52.6 Å². The Balaban J connectivity index is 2.15. The van der Waals surface area contributed by atoms with Crippen molar-refractivity contribution >= 4 is 5.69 Å². The predicted molar refractivity (Wildman–Crippen MR) is 86.9 cm³/mol. The first-order valence-electron chi connectivity index (χ1n) is 8.07. The van der Waals surface area contributed by atoms with Gasteiger partial charge in [-0.25, -0.2) is 0 Å². The van der Waals surface area contributed by atoms with Crippen LogP contribution in [0.1, 0.15) is 45.6 Å². The molecule has 2 rings (SSSR count). The van der Waals surface area contributed by atoms with Crippen molar-refractivity contribution in [1.82, 2.24) is 4.90 Å². The molecule has 0 saturated heterocycles. The monoisotopic (exact) mass is 292 g/mol. The number of anilines is 1. The van der Waals surface area contributed by atoms with Crippen LogP contribution in [-0.4, -0.2) is 30.7 Å². The van der Waals surface area contributed by atoms with Gasteiger partial charge in [-0.1, -0.05) is 20.3 Å². The van der Waals surface area contributed by atoms with Gasteiger partial charge in [0.1, 0.15) is 13.2 Å². The number of nitrogens with two attached hydrogens (primary N) is 1. The van der Waals surface area contributed by atoms with Crippen LogP contribution in [0.25, 0.3) is 0 Å². The van der Waals surface area contributed by atoms with Crippen LogP contribution in [0.4, 0.5) is 5.69 Å².